The smallest absolute Gasteiger partial charge is 0.240 e. The molecule has 0 unspecified atom stereocenters. The largest absolute Gasteiger partial charge is 0.497 e. The lowest BCUT2D eigenvalue weighted by molar-refractivity contribution is 0.414. The highest BCUT2D eigenvalue weighted by Crippen LogP contribution is 2.24. The van der Waals surface area contributed by atoms with E-state index in [0.29, 0.717) is 0 Å². The summed E-state index contributed by atoms with van der Waals surface area (Å²) in [6.45, 7) is 2.09. The molecule has 0 aliphatic rings. The SMILES string of the molecule is COc1ccc(N[C@H](CNS(=O)(=O)c2ccc(C)cc2)c2ccc(OC)cc2)cc1. The Bertz CT molecular complexity index is 1050. The van der Waals surface area contributed by atoms with Gasteiger partial charge in [0.05, 0.1) is 25.2 Å². The number of aryl methyl sites for hydroxylation is 1. The van der Waals surface area contributed by atoms with Gasteiger partial charge in [-0.2, -0.15) is 0 Å². The summed E-state index contributed by atoms with van der Waals surface area (Å²) in [5.41, 5.74) is 2.79. The van der Waals surface area contributed by atoms with Crippen LogP contribution in [0.3, 0.4) is 0 Å². The number of benzene rings is 3. The van der Waals surface area contributed by atoms with E-state index in [2.05, 4.69) is 10.0 Å². The van der Waals surface area contributed by atoms with Crippen LogP contribution < -0.4 is 19.5 Å². The Morgan fingerprint density at radius 2 is 1.33 bits per heavy atom. The van der Waals surface area contributed by atoms with Crippen LogP contribution in [0.15, 0.2) is 77.7 Å². The molecule has 3 aromatic rings. The number of rotatable bonds is 9. The number of methoxy groups -OCH3 is 2. The van der Waals surface area contributed by atoms with Crippen LogP contribution in [0.5, 0.6) is 11.5 Å². The molecule has 0 heterocycles. The minimum Gasteiger partial charge on any atom is -0.497 e. The lowest BCUT2D eigenvalue weighted by Gasteiger charge is -2.21. The van der Waals surface area contributed by atoms with Crippen molar-refractivity contribution in [2.75, 3.05) is 26.1 Å². The number of hydrogen-bond acceptors (Lipinski definition) is 5. The summed E-state index contributed by atoms with van der Waals surface area (Å²) < 4.78 is 38.6. The highest BCUT2D eigenvalue weighted by atomic mass is 32.2. The van der Waals surface area contributed by atoms with Gasteiger partial charge in [0.2, 0.25) is 10.0 Å². The molecule has 0 spiro atoms. The van der Waals surface area contributed by atoms with E-state index in [-0.39, 0.29) is 17.5 Å². The molecule has 0 aromatic heterocycles. The Hall–Kier alpha value is -3.03. The predicted octanol–water partition coefficient (Wildman–Crippen LogP) is 4.14. The van der Waals surface area contributed by atoms with Crippen molar-refractivity contribution in [1.29, 1.82) is 0 Å². The molecular weight excluding hydrogens is 400 g/mol. The molecule has 0 bridgehead atoms. The van der Waals surface area contributed by atoms with Crippen molar-refractivity contribution in [2.45, 2.75) is 17.9 Å². The van der Waals surface area contributed by atoms with E-state index in [9.17, 15) is 8.42 Å². The van der Waals surface area contributed by atoms with Gasteiger partial charge in [0.25, 0.3) is 0 Å². The van der Waals surface area contributed by atoms with Crippen LogP contribution in [0.4, 0.5) is 5.69 Å². The first-order valence-electron chi connectivity index (χ1n) is 9.52. The quantitative estimate of drug-likeness (QED) is 0.538. The van der Waals surface area contributed by atoms with Crippen LogP contribution in [-0.2, 0) is 10.0 Å². The van der Waals surface area contributed by atoms with E-state index in [1.807, 2.05) is 55.5 Å². The standard InChI is InChI=1S/C23H26N2O4S/c1-17-4-14-22(15-5-17)30(26,27)24-16-23(18-6-10-20(28-2)11-7-18)25-19-8-12-21(29-3)13-9-19/h4-15,23-25H,16H2,1-3H3/t23-/m1/s1. The topological polar surface area (TPSA) is 76.7 Å². The van der Waals surface area contributed by atoms with Gasteiger partial charge in [-0.1, -0.05) is 29.8 Å². The Labute approximate surface area is 177 Å². The summed E-state index contributed by atoms with van der Waals surface area (Å²) >= 11 is 0. The van der Waals surface area contributed by atoms with Crippen LogP contribution in [0.25, 0.3) is 0 Å². The third-order valence-electron chi connectivity index (χ3n) is 4.76. The van der Waals surface area contributed by atoms with E-state index in [1.54, 1.807) is 38.5 Å². The Morgan fingerprint density at radius 1 is 0.800 bits per heavy atom. The number of hydrogen-bond donors (Lipinski definition) is 2. The Morgan fingerprint density at radius 3 is 1.87 bits per heavy atom. The summed E-state index contributed by atoms with van der Waals surface area (Å²) in [4.78, 5) is 0.242. The molecule has 0 aliphatic carbocycles. The van der Waals surface area contributed by atoms with Gasteiger partial charge < -0.3 is 14.8 Å². The second kappa shape index (κ2) is 9.65. The predicted molar refractivity (Wildman–Crippen MR) is 119 cm³/mol. The minimum absolute atomic E-state index is 0.175. The zero-order valence-corrected chi connectivity index (χ0v) is 18.1. The number of nitrogens with one attached hydrogen (secondary N) is 2. The van der Waals surface area contributed by atoms with E-state index >= 15 is 0 Å². The van der Waals surface area contributed by atoms with Crippen LogP contribution >= 0.6 is 0 Å². The average molecular weight is 427 g/mol. The van der Waals surface area contributed by atoms with Gasteiger partial charge in [-0.15, -0.1) is 0 Å². The Kier molecular flexibility index (Phi) is 6.97. The molecule has 0 aliphatic heterocycles. The molecule has 0 amide bonds. The molecule has 6 nitrogen and oxygen atoms in total. The molecule has 3 rings (SSSR count). The molecule has 0 radical (unpaired) electrons. The second-order valence-corrected chi connectivity index (χ2v) is 8.63. The van der Waals surface area contributed by atoms with E-state index in [4.69, 9.17) is 9.47 Å². The normalized spacial score (nSPS) is 12.2. The van der Waals surface area contributed by atoms with Gasteiger partial charge in [-0.25, -0.2) is 13.1 Å². The lowest BCUT2D eigenvalue weighted by atomic mass is 10.1. The molecule has 1 atom stereocenters. The van der Waals surface area contributed by atoms with Crippen molar-refractivity contribution in [3.05, 3.63) is 83.9 Å². The van der Waals surface area contributed by atoms with E-state index in [0.717, 1.165) is 28.3 Å². The molecule has 0 saturated carbocycles. The highest BCUT2D eigenvalue weighted by molar-refractivity contribution is 7.89. The first-order chi connectivity index (χ1) is 14.4. The molecule has 7 heteroatoms. The molecule has 30 heavy (non-hydrogen) atoms. The van der Waals surface area contributed by atoms with Gasteiger partial charge in [0, 0.05) is 12.2 Å². The molecule has 3 aromatic carbocycles. The fourth-order valence-electron chi connectivity index (χ4n) is 2.97. The minimum atomic E-state index is -3.63. The van der Waals surface area contributed by atoms with Gasteiger partial charge in [-0.05, 0) is 61.0 Å². The van der Waals surface area contributed by atoms with Gasteiger partial charge in [-0.3, -0.25) is 0 Å². The van der Waals surface area contributed by atoms with Crippen molar-refractivity contribution in [1.82, 2.24) is 4.72 Å². The van der Waals surface area contributed by atoms with Crippen molar-refractivity contribution in [3.8, 4) is 11.5 Å². The zero-order valence-electron chi connectivity index (χ0n) is 17.3. The molecular formula is C23H26N2O4S. The second-order valence-electron chi connectivity index (χ2n) is 6.86. The fraction of sp³-hybridized carbons (Fsp3) is 0.217. The monoisotopic (exact) mass is 426 g/mol. The first kappa shape index (κ1) is 21.7. The van der Waals surface area contributed by atoms with E-state index < -0.39 is 10.0 Å². The van der Waals surface area contributed by atoms with Crippen LogP contribution in [0.2, 0.25) is 0 Å². The maximum absolute atomic E-state index is 12.7. The maximum atomic E-state index is 12.7. The van der Waals surface area contributed by atoms with Gasteiger partial charge >= 0.3 is 0 Å². The van der Waals surface area contributed by atoms with Crippen molar-refractivity contribution in [2.24, 2.45) is 0 Å². The third-order valence-corrected chi connectivity index (χ3v) is 6.20. The number of anilines is 1. The maximum Gasteiger partial charge on any atom is 0.240 e. The summed E-state index contributed by atoms with van der Waals surface area (Å²) in [6.07, 6.45) is 0. The average Bonchev–Trinajstić information content (AvgIpc) is 2.77. The zero-order chi connectivity index (χ0) is 21.6. The van der Waals surface area contributed by atoms with Crippen molar-refractivity contribution < 1.29 is 17.9 Å². The molecule has 158 valence electrons. The molecule has 0 saturated heterocycles. The summed E-state index contributed by atoms with van der Waals surface area (Å²) in [5, 5.41) is 3.39. The highest BCUT2D eigenvalue weighted by Gasteiger charge is 2.18. The van der Waals surface area contributed by atoms with Gasteiger partial charge in [0.1, 0.15) is 11.5 Å². The van der Waals surface area contributed by atoms with Gasteiger partial charge in [0.15, 0.2) is 0 Å². The number of ether oxygens (including phenoxy) is 2. The van der Waals surface area contributed by atoms with Crippen molar-refractivity contribution in [3.63, 3.8) is 0 Å². The Balaban J connectivity index is 1.81. The van der Waals surface area contributed by atoms with E-state index in [1.165, 1.54) is 0 Å². The summed E-state index contributed by atoms with van der Waals surface area (Å²) in [7, 11) is -0.408. The molecule has 2 N–H and O–H groups in total. The summed E-state index contributed by atoms with van der Waals surface area (Å²) in [6, 6.07) is 21.5. The summed E-state index contributed by atoms with van der Waals surface area (Å²) in [5.74, 6) is 1.49. The van der Waals surface area contributed by atoms with Crippen molar-refractivity contribution >= 4 is 15.7 Å². The first-order valence-corrected chi connectivity index (χ1v) is 11.0. The van der Waals surface area contributed by atoms with Crippen LogP contribution in [0, 0.1) is 6.92 Å². The lowest BCUT2D eigenvalue weighted by Crippen LogP contribution is -2.31. The van der Waals surface area contributed by atoms with Crippen LogP contribution in [0.1, 0.15) is 17.2 Å². The third kappa shape index (κ3) is 5.52. The fourth-order valence-corrected chi connectivity index (χ4v) is 4.02. The molecule has 0 fully saturated rings. The number of sulfonamides is 1. The van der Waals surface area contributed by atoms with Crippen LogP contribution in [-0.4, -0.2) is 29.2 Å².